The minimum Gasteiger partial charge on any atom is -0.337 e. The van der Waals surface area contributed by atoms with Crippen LogP contribution in [0.1, 0.15) is 24.3 Å². The summed E-state index contributed by atoms with van der Waals surface area (Å²) in [6, 6.07) is 23.6. The van der Waals surface area contributed by atoms with E-state index < -0.39 is 0 Å². The lowest BCUT2D eigenvalue weighted by molar-refractivity contribution is 0.251. The minimum atomic E-state index is -0.284. The van der Waals surface area contributed by atoms with E-state index in [4.69, 9.17) is 23.2 Å². The predicted molar refractivity (Wildman–Crippen MR) is 149 cm³/mol. The molecule has 0 aromatic heterocycles. The molecule has 0 radical (unpaired) electrons. The Morgan fingerprint density at radius 3 is 2.20 bits per heavy atom. The molecule has 2 amide bonds. The number of hydrogen-bond donors (Lipinski definition) is 3. The number of amides is 2. The summed E-state index contributed by atoms with van der Waals surface area (Å²) in [4.78, 5) is 14.7. The molecule has 0 heterocycles. The van der Waals surface area contributed by atoms with Gasteiger partial charge in [-0.05, 0) is 81.5 Å². The summed E-state index contributed by atoms with van der Waals surface area (Å²) in [6.45, 7) is 3.43. The topological polar surface area (TPSA) is 56.4 Å². The number of carbonyl (C=O) groups is 1. The Hall–Kier alpha value is -2.57. The van der Waals surface area contributed by atoms with Crippen molar-refractivity contribution in [3.8, 4) is 11.1 Å². The van der Waals surface area contributed by atoms with Gasteiger partial charge in [-0.1, -0.05) is 77.8 Å². The zero-order valence-electron chi connectivity index (χ0n) is 20.4. The van der Waals surface area contributed by atoms with Gasteiger partial charge in [0.05, 0.1) is 0 Å². The van der Waals surface area contributed by atoms with E-state index >= 15 is 0 Å². The van der Waals surface area contributed by atoms with Gasteiger partial charge in [-0.15, -0.1) is 0 Å². The van der Waals surface area contributed by atoms with Gasteiger partial charge in [0.25, 0.3) is 0 Å². The van der Waals surface area contributed by atoms with Crippen molar-refractivity contribution in [3.63, 3.8) is 0 Å². The van der Waals surface area contributed by atoms with Gasteiger partial charge in [0, 0.05) is 28.2 Å². The zero-order chi connectivity index (χ0) is 25.0. The van der Waals surface area contributed by atoms with E-state index in [9.17, 15) is 4.79 Å². The van der Waals surface area contributed by atoms with Crippen LogP contribution in [0.4, 0.5) is 10.5 Å². The van der Waals surface area contributed by atoms with Gasteiger partial charge in [0.15, 0.2) is 0 Å². The van der Waals surface area contributed by atoms with Crippen LogP contribution in [0.25, 0.3) is 11.1 Å². The second kappa shape index (κ2) is 14.1. The molecule has 0 saturated heterocycles. The van der Waals surface area contributed by atoms with Gasteiger partial charge >= 0.3 is 6.03 Å². The number of anilines is 1. The molecule has 0 aliphatic carbocycles. The number of halogens is 2. The van der Waals surface area contributed by atoms with Crippen LogP contribution in [0.5, 0.6) is 0 Å². The molecule has 186 valence electrons. The van der Waals surface area contributed by atoms with E-state index in [1.807, 2.05) is 18.2 Å². The van der Waals surface area contributed by atoms with Crippen molar-refractivity contribution in [1.29, 1.82) is 0 Å². The summed E-state index contributed by atoms with van der Waals surface area (Å²) in [5, 5.41) is 10.3. The average Bonchev–Trinajstić information content (AvgIpc) is 2.83. The smallest absolute Gasteiger partial charge is 0.319 e. The summed E-state index contributed by atoms with van der Waals surface area (Å²) in [6.07, 6.45) is 2.02. The number of urea groups is 1. The summed E-state index contributed by atoms with van der Waals surface area (Å²) in [5.41, 5.74) is 4.13. The highest BCUT2D eigenvalue weighted by Gasteiger charge is 2.14. The summed E-state index contributed by atoms with van der Waals surface area (Å²) in [5.74, 6) is 0.176. The number of benzene rings is 3. The van der Waals surface area contributed by atoms with Crippen molar-refractivity contribution in [1.82, 2.24) is 15.5 Å². The monoisotopic (exact) mass is 512 g/mol. The third kappa shape index (κ3) is 9.54. The number of nitrogens with one attached hydrogen (secondary N) is 3. The molecule has 1 unspecified atom stereocenters. The molecule has 0 bridgehead atoms. The van der Waals surface area contributed by atoms with Gasteiger partial charge in [0.1, 0.15) is 0 Å². The fourth-order valence-electron chi connectivity index (χ4n) is 3.90. The summed E-state index contributed by atoms with van der Waals surface area (Å²) < 4.78 is 0. The van der Waals surface area contributed by atoms with Crippen molar-refractivity contribution in [2.24, 2.45) is 0 Å². The fourth-order valence-corrected chi connectivity index (χ4v) is 4.43. The third-order valence-corrected chi connectivity index (χ3v) is 6.18. The Balaban J connectivity index is 1.61. The molecule has 0 fully saturated rings. The number of hydrogen-bond acceptors (Lipinski definition) is 3. The number of carbonyl (C=O) groups excluding carboxylic acids is 1. The highest BCUT2D eigenvalue weighted by atomic mass is 35.5. The molecule has 3 rings (SSSR count). The maximum Gasteiger partial charge on any atom is 0.319 e. The number of rotatable bonds is 12. The van der Waals surface area contributed by atoms with Crippen molar-refractivity contribution < 1.29 is 4.79 Å². The molecule has 7 heteroatoms. The van der Waals surface area contributed by atoms with Crippen LogP contribution < -0.4 is 16.0 Å². The average molecular weight is 514 g/mol. The molecule has 3 aromatic rings. The lowest BCUT2D eigenvalue weighted by Crippen LogP contribution is -2.33. The molecule has 0 spiro atoms. The molecule has 0 saturated carbocycles. The van der Waals surface area contributed by atoms with E-state index in [-0.39, 0.29) is 11.9 Å². The molecular weight excluding hydrogens is 479 g/mol. The van der Waals surface area contributed by atoms with Crippen molar-refractivity contribution >= 4 is 34.9 Å². The van der Waals surface area contributed by atoms with Crippen LogP contribution in [0.2, 0.25) is 10.0 Å². The first-order valence-electron chi connectivity index (χ1n) is 11.9. The summed E-state index contributed by atoms with van der Waals surface area (Å²) >= 11 is 12.1. The van der Waals surface area contributed by atoms with Gasteiger partial charge < -0.3 is 20.9 Å². The maximum absolute atomic E-state index is 12.6. The molecule has 1 atom stereocenters. The highest BCUT2D eigenvalue weighted by molar-refractivity contribution is 6.35. The summed E-state index contributed by atoms with van der Waals surface area (Å²) in [7, 11) is 4.17. The Labute approximate surface area is 218 Å². The molecule has 3 aromatic carbocycles. The van der Waals surface area contributed by atoms with Crippen molar-refractivity contribution in [2.75, 3.05) is 45.6 Å². The van der Waals surface area contributed by atoms with Crippen LogP contribution in [0.15, 0.2) is 72.8 Å². The predicted octanol–water partition coefficient (Wildman–Crippen LogP) is 6.50. The van der Waals surface area contributed by atoms with E-state index in [1.165, 1.54) is 16.7 Å². The van der Waals surface area contributed by atoms with Gasteiger partial charge in [0.2, 0.25) is 0 Å². The second-order valence-corrected chi connectivity index (χ2v) is 9.75. The van der Waals surface area contributed by atoms with Gasteiger partial charge in [-0.25, -0.2) is 4.79 Å². The molecule has 5 nitrogen and oxygen atoms in total. The Bertz CT molecular complexity index is 1040. The van der Waals surface area contributed by atoms with Crippen molar-refractivity contribution in [2.45, 2.75) is 18.8 Å². The maximum atomic E-state index is 12.6. The molecule has 3 N–H and O–H groups in total. The fraction of sp³-hybridized carbons (Fsp3) is 0.321. The minimum absolute atomic E-state index is 0.176. The first-order chi connectivity index (χ1) is 16.9. The van der Waals surface area contributed by atoms with Gasteiger partial charge in [-0.3, -0.25) is 0 Å². The first-order valence-corrected chi connectivity index (χ1v) is 12.7. The highest BCUT2D eigenvalue weighted by Crippen LogP contribution is 2.25. The lowest BCUT2D eigenvalue weighted by atomic mass is 9.93. The van der Waals surface area contributed by atoms with E-state index in [1.54, 1.807) is 18.2 Å². The van der Waals surface area contributed by atoms with Crippen LogP contribution in [-0.4, -0.2) is 51.2 Å². The third-order valence-electron chi connectivity index (χ3n) is 5.75. The van der Waals surface area contributed by atoms with E-state index in [0.717, 1.165) is 32.5 Å². The van der Waals surface area contributed by atoms with Crippen LogP contribution in [0.3, 0.4) is 0 Å². The van der Waals surface area contributed by atoms with Crippen LogP contribution >= 0.6 is 23.2 Å². The quantitative estimate of drug-likeness (QED) is 0.243. The number of nitrogens with zero attached hydrogens (tertiary/aromatic N) is 1. The lowest BCUT2D eigenvalue weighted by Gasteiger charge is -2.20. The zero-order valence-corrected chi connectivity index (χ0v) is 21.9. The van der Waals surface area contributed by atoms with E-state index in [0.29, 0.717) is 22.3 Å². The normalized spacial score (nSPS) is 11.9. The Morgan fingerprint density at radius 2 is 1.54 bits per heavy atom. The molecule has 0 aliphatic heterocycles. The molecule has 35 heavy (non-hydrogen) atoms. The second-order valence-electron chi connectivity index (χ2n) is 8.87. The van der Waals surface area contributed by atoms with E-state index in [2.05, 4.69) is 71.3 Å². The standard InChI is InChI=1S/C28H34Cl2N4O/c1-34(2)16-6-14-31-15-13-24(20-32-28(35)33-27-18-25(29)17-26(30)19-27)23-11-9-22(10-12-23)21-7-4-3-5-8-21/h3-5,7-12,17-19,24,31H,6,13-16,20H2,1-2H3,(H2,32,33,35). The first kappa shape index (κ1) is 27.0. The molecule has 0 aliphatic rings. The molecular formula is C28H34Cl2N4O. The SMILES string of the molecule is CN(C)CCCNCCC(CNC(=O)Nc1cc(Cl)cc(Cl)c1)c1ccc(-c2ccccc2)cc1. The Morgan fingerprint density at radius 1 is 0.886 bits per heavy atom. The van der Waals surface area contributed by atoms with Crippen LogP contribution in [0, 0.1) is 0 Å². The van der Waals surface area contributed by atoms with Crippen LogP contribution in [-0.2, 0) is 0 Å². The Kier molecular flexibility index (Phi) is 10.9. The largest absolute Gasteiger partial charge is 0.337 e. The van der Waals surface area contributed by atoms with Crippen molar-refractivity contribution in [3.05, 3.63) is 88.4 Å². The van der Waals surface area contributed by atoms with Gasteiger partial charge in [-0.2, -0.15) is 0 Å².